The van der Waals surface area contributed by atoms with Crippen LogP contribution in [0.5, 0.6) is 0 Å². The molecule has 2 N–H and O–H groups in total. The Bertz CT molecular complexity index is 1390. The van der Waals surface area contributed by atoms with Crippen LogP contribution in [0.2, 0.25) is 0 Å². The highest BCUT2D eigenvalue weighted by molar-refractivity contribution is 5.91. The number of allylic oxidation sites excluding steroid dienone is 1. The second-order valence-corrected chi connectivity index (χ2v) is 10.4. The van der Waals surface area contributed by atoms with Gasteiger partial charge in [-0.25, -0.2) is 4.98 Å². The van der Waals surface area contributed by atoms with E-state index < -0.39 is 30.0 Å². The van der Waals surface area contributed by atoms with E-state index in [4.69, 9.17) is 10.4 Å². The summed E-state index contributed by atoms with van der Waals surface area (Å²) < 4.78 is 81.2. The van der Waals surface area contributed by atoms with Crippen LogP contribution in [-0.2, 0) is 25.4 Å². The second-order valence-electron chi connectivity index (χ2n) is 10.4. The maximum atomic E-state index is 13.5. The Balaban J connectivity index is 1.79. The Morgan fingerprint density at radius 2 is 1.63 bits per heavy atom. The van der Waals surface area contributed by atoms with Gasteiger partial charge in [0.05, 0.1) is 22.4 Å². The zero-order valence-electron chi connectivity index (χ0n) is 22.8. The van der Waals surface area contributed by atoms with Crippen LogP contribution in [0.4, 0.5) is 32.2 Å². The molecular formula is C30H32F6N4O. The smallest absolute Gasteiger partial charge is 0.416 e. The molecule has 5 nitrogen and oxygen atoms in total. The molecule has 4 rings (SSSR count). The minimum absolute atomic E-state index is 0.0332. The molecule has 1 saturated carbocycles. The standard InChI is InChI=1S/C30H32F6N4O/c1-3-39(16-20-7-6-8-20)28-23(14-22-9-4-5-10-26(22)38-28)18-40(27(37)11-19(2)41)17-21-12-24(29(31,32)33)15-25(13-21)30(34,35)36/h4-5,9-15,20,37,41H,3,6-8,16-18H2,1-2H3/b19-11-,37-27?. The van der Waals surface area contributed by atoms with E-state index in [2.05, 4.69) is 4.90 Å². The molecule has 1 aromatic heterocycles. The number of aromatic nitrogens is 1. The largest absolute Gasteiger partial charge is 0.512 e. The first-order chi connectivity index (χ1) is 19.2. The van der Waals surface area contributed by atoms with E-state index >= 15 is 0 Å². The zero-order valence-corrected chi connectivity index (χ0v) is 22.8. The molecular weight excluding hydrogens is 546 g/mol. The molecule has 3 aromatic rings. The summed E-state index contributed by atoms with van der Waals surface area (Å²) in [6.07, 6.45) is -5.50. The highest BCUT2D eigenvalue weighted by atomic mass is 19.4. The van der Waals surface area contributed by atoms with Crippen LogP contribution in [0.3, 0.4) is 0 Å². The predicted molar refractivity (Wildman–Crippen MR) is 147 cm³/mol. The third-order valence-corrected chi connectivity index (χ3v) is 7.23. The van der Waals surface area contributed by atoms with Crippen LogP contribution < -0.4 is 4.90 Å². The molecule has 1 fully saturated rings. The van der Waals surface area contributed by atoms with E-state index in [1.807, 2.05) is 37.3 Å². The summed E-state index contributed by atoms with van der Waals surface area (Å²) in [5.41, 5.74) is -1.69. The summed E-state index contributed by atoms with van der Waals surface area (Å²) in [6.45, 7) is 4.28. The fraction of sp³-hybridized carbons (Fsp3) is 0.400. The van der Waals surface area contributed by atoms with Crippen molar-refractivity contribution in [2.24, 2.45) is 5.92 Å². The van der Waals surface area contributed by atoms with Crippen molar-refractivity contribution in [3.63, 3.8) is 0 Å². The van der Waals surface area contributed by atoms with Crippen molar-refractivity contribution in [3.05, 3.63) is 82.6 Å². The molecule has 0 atom stereocenters. The molecule has 2 aromatic carbocycles. The second kappa shape index (κ2) is 12.0. The average molecular weight is 579 g/mol. The molecule has 220 valence electrons. The quantitative estimate of drug-likeness (QED) is 0.116. The van der Waals surface area contributed by atoms with Gasteiger partial charge >= 0.3 is 12.4 Å². The zero-order chi connectivity index (χ0) is 29.9. The number of anilines is 1. The number of halogens is 6. The van der Waals surface area contributed by atoms with Gasteiger partial charge in [0.2, 0.25) is 0 Å². The number of aliphatic hydroxyl groups is 1. The number of aliphatic hydroxyl groups excluding tert-OH is 1. The van der Waals surface area contributed by atoms with Gasteiger partial charge in [-0.3, -0.25) is 5.41 Å². The summed E-state index contributed by atoms with van der Waals surface area (Å²) in [5, 5.41) is 19.2. The van der Waals surface area contributed by atoms with Gasteiger partial charge in [0.15, 0.2) is 0 Å². The lowest BCUT2D eigenvalue weighted by Gasteiger charge is -2.34. The van der Waals surface area contributed by atoms with Crippen molar-refractivity contribution in [1.29, 1.82) is 5.41 Å². The van der Waals surface area contributed by atoms with E-state index in [0.717, 1.165) is 42.8 Å². The van der Waals surface area contributed by atoms with Crippen molar-refractivity contribution in [2.45, 2.75) is 58.6 Å². The Morgan fingerprint density at radius 3 is 2.17 bits per heavy atom. The normalized spacial score (nSPS) is 14.7. The Labute approximate surface area is 234 Å². The lowest BCUT2D eigenvalue weighted by atomic mass is 9.85. The fourth-order valence-corrected chi connectivity index (χ4v) is 4.94. The first-order valence-corrected chi connectivity index (χ1v) is 13.4. The van der Waals surface area contributed by atoms with Gasteiger partial charge in [-0.05, 0) is 68.5 Å². The summed E-state index contributed by atoms with van der Waals surface area (Å²) in [7, 11) is 0. The highest BCUT2D eigenvalue weighted by Gasteiger charge is 2.37. The molecule has 41 heavy (non-hydrogen) atoms. The number of nitrogens with one attached hydrogen (secondary N) is 1. The monoisotopic (exact) mass is 578 g/mol. The van der Waals surface area contributed by atoms with E-state index in [9.17, 15) is 31.4 Å². The number of nitrogens with zero attached hydrogens (tertiary/aromatic N) is 3. The summed E-state index contributed by atoms with van der Waals surface area (Å²) in [4.78, 5) is 8.36. The van der Waals surface area contributed by atoms with E-state index in [1.54, 1.807) is 0 Å². The van der Waals surface area contributed by atoms with Crippen LogP contribution in [0.1, 0.15) is 55.4 Å². The van der Waals surface area contributed by atoms with Crippen LogP contribution in [0.15, 0.2) is 60.4 Å². The molecule has 1 aliphatic rings. The third kappa shape index (κ3) is 7.51. The molecule has 11 heteroatoms. The molecule has 0 aliphatic heterocycles. The molecule has 0 unspecified atom stereocenters. The van der Waals surface area contributed by atoms with E-state index in [1.165, 1.54) is 11.8 Å². The summed E-state index contributed by atoms with van der Waals surface area (Å²) in [5.74, 6) is 0.672. The predicted octanol–water partition coefficient (Wildman–Crippen LogP) is 8.34. The topological polar surface area (TPSA) is 63.5 Å². The van der Waals surface area contributed by atoms with Crippen molar-refractivity contribution < 1.29 is 31.4 Å². The maximum Gasteiger partial charge on any atom is 0.416 e. The highest BCUT2D eigenvalue weighted by Crippen LogP contribution is 2.37. The van der Waals surface area contributed by atoms with Gasteiger partial charge in [-0.1, -0.05) is 24.6 Å². The minimum atomic E-state index is -4.99. The molecule has 1 aliphatic carbocycles. The van der Waals surface area contributed by atoms with E-state index in [-0.39, 0.29) is 29.8 Å². The summed E-state index contributed by atoms with van der Waals surface area (Å²) >= 11 is 0. The average Bonchev–Trinajstić information content (AvgIpc) is 2.86. The molecule has 0 radical (unpaired) electrons. The van der Waals surface area contributed by atoms with Gasteiger partial charge in [0, 0.05) is 43.2 Å². The van der Waals surface area contributed by atoms with Crippen LogP contribution in [0, 0.1) is 11.3 Å². The van der Waals surface area contributed by atoms with Crippen LogP contribution in [-0.4, -0.2) is 33.9 Å². The Morgan fingerprint density at radius 1 is 1.00 bits per heavy atom. The number of pyridine rings is 1. The first-order valence-electron chi connectivity index (χ1n) is 13.4. The molecule has 1 heterocycles. The van der Waals surface area contributed by atoms with Gasteiger partial charge in [0.25, 0.3) is 0 Å². The number of fused-ring (bicyclic) bond motifs is 1. The van der Waals surface area contributed by atoms with Gasteiger partial charge in [-0.2, -0.15) is 26.3 Å². The van der Waals surface area contributed by atoms with Crippen LogP contribution in [0.25, 0.3) is 10.9 Å². The number of amidine groups is 1. The van der Waals surface area contributed by atoms with Gasteiger partial charge in [-0.15, -0.1) is 0 Å². The van der Waals surface area contributed by atoms with Crippen LogP contribution >= 0.6 is 0 Å². The number of hydrogen-bond acceptors (Lipinski definition) is 4. The maximum absolute atomic E-state index is 13.5. The fourth-order valence-electron chi connectivity index (χ4n) is 4.94. The number of alkyl halides is 6. The lowest BCUT2D eigenvalue weighted by Crippen LogP contribution is -2.35. The van der Waals surface area contributed by atoms with E-state index in [0.29, 0.717) is 36.0 Å². The first kappa shape index (κ1) is 30.2. The molecule has 0 saturated heterocycles. The van der Waals surface area contributed by atoms with Gasteiger partial charge in [0.1, 0.15) is 11.7 Å². The summed E-state index contributed by atoms with van der Waals surface area (Å²) in [6, 6.07) is 10.8. The van der Waals surface area contributed by atoms with Crippen molar-refractivity contribution in [2.75, 3.05) is 18.0 Å². The Hall–Kier alpha value is -3.76. The van der Waals surface area contributed by atoms with Crippen molar-refractivity contribution in [3.8, 4) is 0 Å². The molecule has 0 spiro atoms. The lowest BCUT2D eigenvalue weighted by molar-refractivity contribution is -0.143. The number of rotatable bonds is 9. The SMILES string of the molecule is CCN(CC1CCC1)c1nc2ccccc2cc1CN(Cc1cc(C(F)(F)F)cc(C(F)(F)F)c1)C(=N)/C=C(/C)O. The number of hydrogen-bond donors (Lipinski definition) is 2. The third-order valence-electron chi connectivity index (χ3n) is 7.23. The number of benzene rings is 2. The Kier molecular flexibility index (Phi) is 8.84. The molecule has 0 bridgehead atoms. The minimum Gasteiger partial charge on any atom is -0.512 e. The van der Waals surface area contributed by atoms with Crippen molar-refractivity contribution in [1.82, 2.24) is 9.88 Å². The number of para-hydroxylation sites is 1. The molecule has 0 amide bonds. The van der Waals surface area contributed by atoms with Gasteiger partial charge < -0.3 is 14.9 Å². The van der Waals surface area contributed by atoms with Crippen molar-refractivity contribution >= 4 is 22.6 Å².